The molecule has 0 saturated carbocycles. The first-order valence-electron chi connectivity index (χ1n) is 5.36. The first-order chi connectivity index (χ1) is 6.48. The Balaban J connectivity index is 2.53. The summed E-state index contributed by atoms with van der Waals surface area (Å²) in [4.78, 5) is 0. The third-order valence-corrected chi connectivity index (χ3v) is 2.97. The van der Waals surface area contributed by atoms with E-state index in [2.05, 4.69) is 45.1 Å². The predicted octanol–water partition coefficient (Wildman–Crippen LogP) is 3.26. The molecule has 1 aliphatic rings. The van der Waals surface area contributed by atoms with Gasteiger partial charge in [0.05, 0.1) is 0 Å². The SMILES string of the molecule is Cc1cc2c(cc1C(C)(C)C)NCC2. The summed E-state index contributed by atoms with van der Waals surface area (Å²) in [5.41, 5.74) is 5.98. The van der Waals surface area contributed by atoms with Crippen molar-refractivity contribution in [3.05, 3.63) is 28.8 Å². The number of nitrogens with one attached hydrogen (secondary N) is 1. The quantitative estimate of drug-likeness (QED) is 0.660. The van der Waals surface area contributed by atoms with E-state index in [1.54, 1.807) is 0 Å². The number of aryl methyl sites for hydroxylation is 1. The van der Waals surface area contributed by atoms with Gasteiger partial charge in [0.1, 0.15) is 0 Å². The van der Waals surface area contributed by atoms with Gasteiger partial charge >= 0.3 is 0 Å². The van der Waals surface area contributed by atoms with Gasteiger partial charge in [-0.1, -0.05) is 26.8 Å². The molecule has 1 aromatic rings. The normalized spacial score (nSPS) is 15.1. The molecular weight excluding hydrogens is 170 g/mol. The Hall–Kier alpha value is -0.980. The highest BCUT2D eigenvalue weighted by molar-refractivity contribution is 5.60. The lowest BCUT2D eigenvalue weighted by Gasteiger charge is -2.22. The summed E-state index contributed by atoms with van der Waals surface area (Å²) >= 11 is 0. The number of fused-ring (bicyclic) bond motifs is 1. The summed E-state index contributed by atoms with van der Waals surface area (Å²) in [7, 11) is 0. The summed E-state index contributed by atoms with van der Waals surface area (Å²) in [6.45, 7) is 10.1. The molecule has 0 bridgehead atoms. The number of rotatable bonds is 0. The van der Waals surface area contributed by atoms with Crippen molar-refractivity contribution in [1.29, 1.82) is 0 Å². The molecule has 0 atom stereocenters. The first-order valence-corrected chi connectivity index (χ1v) is 5.36. The summed E-state index contributed by atoms with van der Waals surface area (Å²) in [5, 5.41) is 3.44. The lowest BCUT2D eigenvalue weighted by atomic mass is 9.83. The van der Waals surface area contributed by atoms with Crippen LogP contribution in [0, 0.1) is 6.92 Å². The minimum absolute atomic E-state index is 0.253. The molecule has 0 radical (unpaired) electrons. The summed E-state index contributed by atoms with van der Waals surface area (Å²) in [5.74, 6) is 0. The Kier molecular flexibility index (Phi) is 2.06. The van der Waals surface area contributed by atoms with E-state index in [1.165, 1.54) is 28.8 Å². The van der Waals surface area contributed by atoms with Gasteiger partial charge in [-0.2, -0.15) is 0 Å². The van der Waals surface area contributed by atoms with Crippen LogP contribution in [0.3, 0.4) is 0 Å². The average molecular weight is 189 g/mol. The number of benzene rings is 1. The number of anilines is 1. The van der Waals surface area contributed by atoms with Crippen LogP contribution in [0.15, 0.2) is 12.1 Å². The Labute approximate surface area is 86.5 Å². The maximum Gasteiger partial charge on any atom is 0.0376 e. The third-order valence-electron chi connectivity index (χ3n) is 2.97. The van der Waals surface area contributed by atoms with Gasteiger partial charge in [0.25, 0.3) is 0 Å². The Morgan fingerprint density at radius 3 is 2.57 bits per heavy atom. The fourth-order valence-electron chi connectivity index (χ4n) is 2.28. The van der Waals surface area contributed by atoms with E-state index in [9.17, 15) is 0 Å². The van der Waals surface area contributed by atoms with Crippen molar-refractivity contribution < 1.29 is 0 Å². The van der Waals surface area contributed by atoms with Crippen LogP contribution in [0.1, 0.15) is 37.5 Å². The van der Waals surface area contributed by atoms with Crippen LogP contribution in [-0.2, 0) is 11.8 Å². The monoisotopic (exact) mass is 189 g/mol. The molecule has 1 heterocycles. The molecule has 0 amide bonds. The molecule has 0 aliphatic carbocycles. The highest BCUT2D eigenvalue weighted by Gasteiger charge is 2.20. The van der Waals surface area contributed by atoms with Crippen LogP contribution >= 0.6 is 0 Å². The fourth-order valence-corrected chi connectivity index (χ4v) is 2.28. The zero-order chi connectivity index (χ0) is 10.3. The van der Waals surface area contributed by atoms with Crippen molar-refractivity contribution in [3.63, 3.8) is 0 Å². The van der Waals surface area contributed by atoms with Crippen LogP contribution in [0.4, 0.5) is 5.69 Å². The van der Waals surface area contributed by atoms with Gasteiger partial charge in [0, 0.05) is 12.2 Å². The van der Waals surface area contributed by atoms with E-state index in [1.807, 2.05) is 0 Å². The zero-order valence-electron chi connectivity index (χ0n) is 9.57. The van der Waals surface area contributed by atoms with Crippen molar-refractivity contribution in [2.24, 2.45) is 0 Å². The predicted molar refractivity (Wildman–Crippen MR) is 62.1 cm³/mol. The van der Waals surface area contributed by atoms with Crippen LogP contribution < -0.4 is 5.32 Å². The van der Waals surface area contributed by atoms with Crippen LogP contribution in [0.25, 0.3) is 0 Å². The average Bonchev–Trinajstić information content (AvgIpc) is 2.47. The van der Waals surface area contributed by atoms with E-state index in [0.717, 1.165) is 6.54 Å². The van der Waals surface area contributed by atoms with Crippen LogP contribution in [-0.4, -0.2) is 6.54 Å². The fraction of sp³-hybridized carbons (Fsp3) is 0.538. The molecule has 2 rings (SSSR count). The lowest BCUT2D eigenvalue weighted by molar-refractivity contribution is 0.586. The second-order valence-corrected chi connectivity index (χ2v) is 5.25. The van der Waals surface area contributed by atoms with Gasteiger partial charge in [-0.05, 0) is 41.5 Å². The Morgan fingerprint density at radius 2 is 1.93 bits per heavy atom. The molecule has 1 aromatic carbocycles. The van der Waals surface area contributed by atoms with E-state index in [0.29, 0.717) is 0 Å². The summed E-state index contributed by atoms with van der Waals surface area (Å²) < 4.78 is 0. The van der Waals surface area contributed by atoms with Gasteiger partial charge < -0.3 is 5.32 Å². The largest absolute Gasteiger partial charge is 0.384 e. The minimum atomic E-state index is 0.253. The molecule has 76 valence electrons. The smallest absolute Gasteiger partial charge is 0.0376 e. The van der Waals surface area contributed by atoms with Crippen molar-refractivity contribution in [3.8, 4) is 0 Å². The highest BCUT2D eigenvalue weighted by Crippen LogP contribution is 2.32. The van der Waals surface area contributed by atoms with Crippen molar-refractivity contribution >= 4 is 5.69 Å². The molecule has 1 nitrogen and oxygen atoms in total. The van der Waals surface area contributed by atoms with Crippen molar-refractivity contribution in [1.82, 2.24) is 0 Å². The van der Waals surface area contributed by atoms with Crippen LogP contribution in [0.5, 0.6) is 0 Å². The second kappa shape index (κ2) is 3.01. The lowest BCUT2D eigenvalue weighted by Crippen LogP contribution is -2.13. The molecular formula is C13H19N. The second-order valence-electron chi connectivity index (χ2n) is 5.25. The van der Waals surface area contributed by atoms with Crippen LogP contribution in [0.2, 0.25) is 0 Å². The van der Waals surface area contributed by atoms with E-state index < -0.39 is 0 Å². The third kappa shape index (κ3) is 1.52. The summed E-state index contributed by atoms with van der Waals surface area (Å²) in [6.07, 6.45) is 1.18. The Morgan fingerprint density at radius 1 is 1.21 bits per heavy atom. The first kappa shape index (κ1) is 9.57. The molecule has 1 heteroatoms. The maximum atomic E-state index is 3.44. The van der Waals surface area contributed by atoms with Crippen molar-refractivity contribution in [2.45, 2.75) is 39.5 Å². The molecule has 14 heavy (non-hydrogen) atoms. The zero-order valence-corrected chi connectivity index (χ0v) is 9.57. The molecule has 0 aromatic heterocycles. The van der Waals surface area contributed by atoms with Crippen molar-refractivity contribution in [2.75, 3.05) is 11.9 Å². The molecule has 0 spiro atoms. The standard InChI is InChI=1S/C13H19N/c1-9-7-10-5-6-14-12(10)8-11(9)13(2,3)4/h7-8,14H,5-6H2,1-4H3. The number of hydrogen-bond donors (Lipinski definition) is 1. The molecule has 0 unspecified atom stereocenters. The Bertz CT molecular complexity index is 358. The van der Waals surface area contributed by atoms with E-state index in [4.69, 9.17) is 0 Å². The van der Waals surface area contributed by atoms with Gasteiger partial charge in [-0.3, -0.25) is 0 Å². The molecule has 1 N–H and O–H groups in total. The van der Waals surface area contributed by atoms with E-state index in [-0.39, 0.29) is 5.41 Å². The highest BCUT2D eigenvalue weighted by atomic mass is 14.9. The maximum absolute atomic E-state index is 3.44. The topological polar surface area (TPSA) is 12.0 Å². The number of hydrogen-bond acceptors (Lipinski definition) is 1. The van der Waals surface area contributed by atoms with Gasteiger partial charge in [0.2, 0.25) is 0 Å². The van der Waals surface area contributed by atoms with E-state index >= 15 is 0 Å². The van der Waals surface area contributed by atoms with Gasteiger partial charge in [0.15, 0.2) is 0 Å². The molecule has 1 aliphatic heterocycles. The van der Waals surface area contributed by atoms with Gasteiger partial charge in [-0.25, -0.2) is 0 Å². The minimum Gasteiger partial charge on any atom is -0.384 e. The molecule has 0 fully saturated rings. The summed E-state index contributed by atoms with van der Waals surface area (Å²) in [6, 6.07) is 4.67. The molecule has 0 saturated heterocycles. The van der Waals surface area contributed by atoms with Gasteiger partial charge in [-0.15, -0.1) is 0 Å².